The second-order valence-corrected chi connectivity index (χ2v) is 4.92. The minimum atomic E-state index is -0.320. The number of halogens is 1. The fraction of sp³-hybridized carbons (Fsp3) is 0.462. The van der Waals surface area contributed by atoms with Crippen LogP contribution in [0.2, 0.25) is 0 Å². The largest absolute Gasteiger partial charge is 0.361 e. The van der Waals surface area contributed by atoms with Crippen LogP contribution in [0.15, 0.2) is 18.2 Å². The molecule has 0 aliphatic carbocycles. The Bertz CT molecular complexity index is 462. The second-order valence-electron chi connectivity index (χ2n) is 4.92. The molecule has 0 radical (unpaired) electrons. The summed E-state index contributed by atoms with van der Waals surface area (Å²) in [5.41, 5.74) is 0.822. The van der Waals surface area contributed by atoms with Crippen LogP contribution in [0.25, 0.3) is 0 Å². The normalized spacial score (nSPS) is 18.8. The van der Waals surface area contributed by atoms with E-state index in [-0.39, 0.29) is 11.4 Å². The van der Waals surface area contributed by atoms with E-state index >= 15 is 0 Å². The summed E-state index contributed by atoms with van der Waals surface area (Å²) in [6, 6.07) is 6.61. The molecule has 1 saturated heterocycles. The predicted molar refractivity (Wildman–Crippen MR) is 65.4 cm³/mol. The maximum Gasteiger partial charge on any atom is 0.147 e. The van der Waals surface area contributed by atoms with Crippen LogP contribution in [0.4, 0.5) is 10.1 Å². The number of anilines is 1. The van der Waals surface area contributed by atoms with Gasteiger partial charge in [0, 0.05) is 25.2 Å². The van der Waals surface area contributed by atoms with Crippen molar-refractivity contribution in [3.8, 4) is 6.07 Å². The molecule has 0 aromatic heterocycles. The van der Waals surface area contributed by atoms with E-state index in [2.05, 4.69) is 24.1 Å². The fourth-order valence-electron chi connectivity index (χ4n) is 2.23. The first-order valence-corrected chi connectivity index (χ1v) is 5.72. The summed E-state index contributed by atoms with van der Waals surface area (Å²) in [7, 11) is 0. The van der Waals surface area contributed by atoms with E-state index < -0.39 is 0 Å². The van der Waals surface area contributed by atoms with Crippen LogP contribution in [-0.4, -0.2) is 25.2 Å². The molecule has 3 nitrogen and oxygen atoms in total. The highest BCUT2D eigenvalue weighted by Gasteiger charge is 2.31. The summed E-state index contributed by atoms with van der Waals surface area (Å²) in [6.45, 7) is 6.61. The van der Waals surface area contributed by atoms with E-state index in [9.17, 15) is 4.39 Å². The van der Waals surface area contributed by atoms with Crippen molar-refractivity contribution in [1.29, 1.82) is 5.26 Å². The number of nitrogens with zero attached hydrogens (tertiary/aromatic N) is 2. The van der Waals surface area contributed by atoms with Crippen molar-refractivity contribution in [3.05, 3.63) is 29.6 Å². The van der Waals surface area contributed by atoms with Crippen LogP contribution in [0, 0.1) is 17.1 Å². The van der Waals surface area contributed by atoms with E-state index in [4.69, 9.17) is 5.26 Å². The summed E-state index contributed by atoms with van der Waals surface area (Å²) in [4.78, 5) is 2.06. The van der Waals surface area contributed by atoms with Crippen molar-refractivity contribution >= 4 is 5.69 Å². The molecule has 0 spiro atoms. The van der Waals surface area contributed by atoms with Crippen LogP contribution in [0.3, 0.4) is 0 Å². The quantitative estimate of drug-likeness (QED) is 0.805. The van der Waals surface area contributed by atoms with Crippen LogP contribution >= 0.6 is 0 Å². The van der Waals surface area contributed by atoms with E-state index in [1.807, 2.05) is 6.07 Å². The van der Waals surface area contributed by atoms with Crippen LogP contribution in [0.5, 0.6) is 0 Å². The van der Waals surface area contributed by atoms with Gasteiger partial charge in [0.25, 0.3) is 0 Å². The highest BCUT2D eigenvalue weighted by molar-refractivity contribution is 5.53. The van der Waals surface area contributed by atoms with Crippen molar-refractivity contribution < 1.29 is 4.39 Å². The predicted octanol–water partition coefficient (Wildman–Crippen LogP) is 1.89. The van der Waals surface area contributed by atoms with Crippen LogP contribution in [0.1, 0.15) is 19.4 Å². The van der Waals surface area contributed by atoms with Gasteiger partial charge in [-0.1, -0.05) is 0 Å². The third-order valence-electron chi connectivity index (χ3n) is 3.17. The van der Waals surface area contributed by atoms with Gasteiger partial charge in [0.1, 0.15) is 5.82 Å². The molecule has 1 aliphatic heterocycles. The van der Waals surface area contributed by atoms with Gasteiger partial charge in [0.05, 0.1) is 17.3 Å². The minimum absolute atomic E-state index is 0.118. The first-order valence-electron chi connectivity index (χ1n) is 5.72. The summed E-state index contributed by atoms with van der Waals surface area (Å²) in [5.74, 6) is -0.320. The number of hydrogen-bond donors (Lipinski definition) is 1. The van der Waals surface area contributed by atoms with E-state index in [1.54, 1.807) is 12.1 Å². The molecule has 1 N–H and O–H groups in total. The lowest BCUT2D eigenvalue weighted by Gasteiger charge is -2.44. The Morgan fingerprint density at radius 3 is 2.82 bits per heavy atom. The van der Waals surface area contributed by atoms with Crippen molar-refractivity contribution in [3.63, 3.8) is 0 Å². The van der Waals surface area contributed by atoms with Crippen molar-refractivity contribution in [2.24, 2.45) is 0 Å². The van der Waals surface area contributed by atoms with Crippen LogP contribution < -0.4 is 10.2 Å². The minimum Gasteiger partial charge on any atom is -0.361 e. The molecule has 0 atom stereocenters. The molecule has 1 aromatic carbocycles. The molecule has 1 aromatic rings. The lowest BCUT2D eigenvalue weighted by Crippen LogP contribution is -2.58. The zero-order valence-corrected chi connectivity index (χ0v) is 10.1. The van der Waals surface area contributed by atoms with Gasteiger partial charge in [0.2, 0.25) is 0 Å². The number of rotatable bonds is 1. The molecular weight excluding hydrogens is 217 g/mol. The summed E-state index contributed by atoms with van der Waals surface area (Å²) in [5, 5.41) is 12.0. The fourth-order valence-corrected chi connectivity index (χ4v) is 2.23. The molecule has 0 bridgehead atoms. The molecular formula is C13H16FN3. The molecule has 0 unspecified atom stereocenters. The molecule has 0 amide bonds. The molecule has 1 fully saturated rings. The standard InChI is InChI=1S/C13H16FN3/c1-13(2)9-16-5-6-17(13)12-4-3-10(8-15)7-11(12)14/h3-4,7,16H,5-6,9H2,1-2H3. The zero-order valence-electron chi connectivity index (χ0n) is 10.1. The van der Waals surface area contributed by atoms with Gasteiger partial charge in [0.15, 0.2) is 0 Å². The number of nitrogens with one attached hydrogen (secondary N) is 1. The van der Waals surface area contributed by atoms with E-state index in [0.717, 1.165) is 19.6 Å². The maximum absolute atomic E-state index is 14.0. The summed E-state index contributed by atoms with van der Waals surface area (Å²) in [6.07, 6.45) is 0. The summed E-state index contributed by atoms with van der Waals surface area (Å²) >= 11 is 0. The molecule has 4 heteroatoms. The highest BCUT2D eigenvalue weighted by atomic mass is 19.1. The lowest BCUT2D eigenvalue weighted by molar-refractivity contribution is 0.376. The van der Waals surface area contributed by atoms with Gasteiger partial charge < -0.3 is 10.2 Å². The number of benzene rings is 1. The van der Waals surface area contributed by atoms with E-state index in [0.29, 0.717) is 11.3 Å². The number of piperazine rings is 1. The monoisotopic (exact) mass is 233 g/mol. The van der Waals surface area contributed by atoms with Gasteiger partial charge >= 0.3 is 0 Å². The molecule has 2 rings (SSSR count). The Hall–Kier alpha value is -1.60. The Morgan fingerprint density at radius 1 is 1.47 bits per heavy atom. The zero-order chi connectivity index (χ0) is 12.5. The number of hydrogen-bond acceptors (Lipinski definition) is 3. The van der Waals surface area contributed by atoms with Crippen LogP contribution in [-0.2, 0) is 0 Å². The van der Waals surface area contributed by atoms with Gasteiger partial charge in [-0.3, -0.25) is 0 Å². The molecule has 17 heavy (non-hydrogen) atoms. The Morgan fingerprint density at radius 2 is 2.24 bits per heavy atom. The SMILES string of the molecule is CC1(C)CNCCN1c1ccc(C#N)cc1F. The molecule has 1 heterocycles. The Kier molecular flexibility index (Phi) is 3.03. The molecule has 0 saturated carbocycles. The van der Waals surface area contributed by atoms with Gasteiger partial charge in [-0.15, -0.1) is 0 Å². The molecule has 1 aliphatic rings. The third kappa shape index (κ3) is 2.25. The first kappa shape index (κ1) is 11.9. The average Bonchev–Trinajstić information content (AvgIpc) is 2.29. The van der Waals surface area contributed by atoms with Crippen molar-refractivity contribution in [2.45, 2.75) is 19.4 Å². The van der Waals surface area contributed by atoms with E-state index in [1.165, 1.54) is 6.07 Å². The summed E-state index contributed by atoms with van der Waals surface area (Å²) < 4.78 is 14.0. The number of nitriles is 1. The topological polar surface area (TPSA) is 39.1 Å². The molecule has 90 valence electrons. The van der Waals surface area contributed by atoms with Gasteiger partial charge in [-0.2, -0.15) is 5.26 Å². The Balaban J connectivity index is 2.36. The average molecular weight is 233 g/mol. The third-order valence-corrected chi connectivity index (χ3v) is 3.17. The first-order chi connectivity index (χ1) is 8.04. The maximum atomic E-state index is 14.0. The van der Waals surface area contributed by atoms with Crippen molar-refractivity contribution in [1.82, 2.24) is 5.32 Å². The smallest absolute Gasteiger partial charge is 0.147 e. The van der Waals surface area contributed by atoms with Gasteiger partial charge in [-0.25, -0.2) is 4.39 Å². The highest BCUT2D eigenvalue weighted by Crippen LogP contribution is 2.28. The van der Waals surface area contributed by atoms with Crippen molar-refractivity contribution in [2.75, 3.05) is 24.5 Å². The van der Waals surface area contributed by atoms with Gasteiger partial charge in [-0.05, 0) is 32.0 Å². The second kappa shape index (κ2) is 4.34. The Labute approximate surface area is 101 Å². The lowest BCUT2D eigenvalue weighted by atomic mass is 9.98.